The van der Waals surface area contributed by atoms with E-state index in [2.05, 4.69) is 10.6 Å². The minimum atomic E-state index is -1.07. The summed E-state index contributed by atoms with van der Waals surface area (Å²) in [6.45, 7) is 14.9. The molecule has 0 radical (unpaired) electrons. The van der Waals surface area contributed by atoms with Crippen LogP contribution in [-0.4, -0.2) is 52.2 Å². The SMILES string of the molecule is CCC(C)(C)N(C(=O)C(CC(C)C)NC(=O)OC(C)(C)C)C(C(=O)Nc1ccc(OC)cc1)c1ccc(O)cc1. The van der Waals surface area contributed by atoms with Gasteiger partial charge in [-0.1, -0.05) is 32.9 Å². The number of benzene rings is 2. The van der Waals surface area contributed by atoms with Crippen molar-refractivity contribution in [3.63, 3.8) is 0 Å². The van der Waals surface area contributed by atoms with Gasteiger partial charge in [0.25, 0.3) is 5.91 Å². The second-order valence-corrected chi connectivity index (χ2v) is 11.9. The minimum Gasteiger partial charge on any atom is -0.508 e. The zero-order valence-electron chi connectivity index (χ0n) is 25.2. The number of hydrogen-bond donors (Lipinski definition) is 3. The fraction of sp³-hybridized carbons (Fsp3) is 0.516. The van der Waals surface area contributed by atoms with Crippen LogP contribution in [0.3, 0.4) is 0 Å². The fourth-order valence-corrected chi connectivity index (χ4v) is 4.22. The highest BCUT2D eigenvalue weighted by atomic mass is 16.6. The van der Waals surface area contributed by atoms with Crippen LogP contribution < -0.4 is 15.4 Å². The van der Waals surface area contributed by atoms with Gasteiger partial charge in [-0.15, -0.1) is 0 Å². The van der Waals surface area contributed by atoms with Crippen LogP contribution in [0.2, 0.25) is 0 Å². The van der Waals surface area contributed by atoms with Crippen LogP contribution in [0.25, 0.3) is 0 Å². The summed E-state index contributed by atoms with van der Waals surface area (Å²) in [5.41, 5.74) is -0.493. The molecule has 3 amide bonds. The van der Waals surface area contributed by atoms with Gasteiger partial charge in [-0.05, 0) is 95.3 Å². The zero-order valence-corrected chi connectivity index (χ0v) is 25.2. The molecule has 40 heavy (non-hydrogen) atoms. The molecule has 2 aromatic carbocycles. The van der Waals surface area contributed by atoms with E-state index in [-0.39, 0.29) is 11.7 Å². The fourth-order valence-electron chi connectivity index (χ4n) is 4.22. The van der Waals surface area contributed by atoms with Gasteiger partial charge in [-0.3, -0.25) is 9.59 Å². The van der Waals surface area contributed by atoms with E-state index in [1.165, 1.54) is 12.1 Å². The minimum absolute atomic E-state index is 0.0370. The summed E-state index contributed by atoms with van der Waals surface area (Å²) in [7, 11) is 1.56. The lowest BCUT2D eigenvalue weighted by Gasteiger charge is -2.44. The summed E-state index contributed by atoms with van der Waals surface area (Å²) >= 11 is 0. The second kappa shape index (κ2) is 13.5. The molecule has 0 fully saturated rings. The van der Waals surface area contributed by atoms with Gasteiger partial charge >= 0.3 is 6.09 Å². The Hall–Kier alpha value is -3.75. The Bertz CT molecular complexity index is 1140. The smallest absolute Gasteiger partial charge is 0.408 e. The van der Waals surface area contributed by atoms with Crippen molar-refractivity contribution in [1.29, 1.82) is 0 Å². The first-order valence-electron chi connectivity index (χ1n) is 13.6. The lowest BCUT2D eigenvalue weighted by Crippen LogP contribution is -2.59. The summed E-state index contributed by atoms with van der Waals surface area (Å²) in [5, 5.41) is 15.6. The molecule has 0 aliphatic rings. The first-order chi connectivity index (χ1) is 18.6. The molecular formula is C31H45N3O6. The van der Waals surface area contributed by atoms with E-state index in [0.29, 0.717) is 29.8 Å². The first kappa shape index (κ1) is 32.5. The third-order valence-corrected chi connectivity index (χ3v) is 6.52. The second-order valence-electron chi connectivity index (χ2n) is 11.9. The number of hydrogen-bond acceptors (Lipinski definition) is 6. The molecule has 2 unspecified atom stereocenters. The van der Waals surface area contributed by atoms with E-state index >= 15 is 0 Å². The van der Waals surface area contributed by atoms with Crippen LogP contribution in [0.15, 0.2) is 48.5 Å². The highest BCUT2D eigenvalue weighted by Gasteiger charge is 2.43. The van der Waals surface area contributed by atoms with Gasteiger partial charge in [0.1, 0.15) is 29.2 Å². The summed E-state index contributed by atoms with van der Waals surface area (Å²) < 4.78 is 10.7. The van der Waals surface area contributed by atoms with Gasteiger partial charge in [-0.25, -0.2) is 4.79 Å². The zero-order chi connectivity index (χ0) is 30.3. The third kappa shape index (κ3) is 9.17. The van der Waals surface area contributed by atoms with Gasteiger partial charge in [0.15, 0.2) is 0 Å². The van der Waals surface area contributed by atoms with Gasteiger partial charge in [0.05, 0.1) is 7.11 Å². The van der Waals surface area contributed by atoms with Crippen molar-refractivity contribution in [2.75, 3.05) is 12.4 Å². The number of nitrogens with zero attached hydrogens (tertiary/aromatic N) is 1. The Morgan fingerprint density at radius 1 is 0.950 bits per heavy atom. The summed E-state index contributed by atoms with van der Waals surface area (Å²) in [6, 6.07) is 11.1. The van der Waals surface area contributed by atoms with Gasteiger partial charge < -0.3 is 30.1 Å². The van der Waals surface area contributed by atoms with Crippen molar-refractivity contribution in [3.8, 4) is 11.5 Å². The molecule has 0 spiro atoms. The molecule has 9 nitrogen and oxygen atoms in total. The number of amides is 3. The molecular weight excluding hydrogens is 510 g/mol. The average Bonchev–Trinajstić information content (AvgIpc) is 2.86. The maximum absolute atomic E-state index is 14.4. The van der Waals surface area contributed by atoms with Crippen molar-refractivity contribution in [3.05, 3.63) is 54.1 Å². The number of ether oxygens (including phenoxy) is 2. The standard InChI is InChI=1S/C31H45N3O6/c1-10-31(7,8)34(28(37)25(19-20(2)3)33-29(38)40-30(4,5)6)26(21-11-15-23(35)16-12-21)27(36)32-22-13-17-24(39-9)18-14-22/h11-18,20,25-26,35H,10,19H2,1-9H3,(H,32,36)(H,33,38). The van der Waals surface area contributed by atoms with E-state index in [9.17, 15) is 19.5 Å². The molecule has 220 valence electrons. The molecule has 2 rings (SSSR count). The molecule has 0 bridgehead atoms. The topological polar surface area (TPSA) is 117 Å². The Kier molecular flexibility index (Phi) is 11.0. The molecule has 3 N–H and O–H groups in total. The maximum atomic E-state index is 14.4. The number of methoxy groups -OCH3 is 1. The largest absolute Gasteiger partial charge is 0.508 e. The number of phenols is 1. The summed E-state index contributed by atoms with van der Waals surface area (Å²) in [5.74, 6) is -0.104. The number of alkyl carbamates (subject to hydrolysis) is 1. The van der Waals surface area contributed by atoms with Gasteiger partial charge in [0, 0.05) is 11.2 Å². The summed E-state index contributed by atoms with van der Waals surface area (Å²) in [6.07, 6.45) is 0.172. The number of carbonyl (C=O) groups is 3. The van der Waals surface area contributed by atoms with E-state index in [1.54, 1.807) is 69.2 Å². The Labute approximate surface area is 238 Å². The molecule has 2 aromatic rings. The van der Waals surface area contributed by atoms with Gasteiger partial charge in [0.2, 0.25) is 5.91 Å². The number of carbonyl (C=O) groups excluding carboxylic acids is 3. The van der Waals surface area contributed by atoms with Crippen LogP contribution in [0.4, 0.5) is 10.5 Å². The van der Waals surface area contributed by atoms with E-state index in [0.717, 1.165) is 0 Å². The summed E-state index contributed by atoms with van der Waals surface area (Å²) in [4.78, 5) is 42.7. The number of anilines is 1. The van der Waals surface area contributed by atoms with Crippen molar-refractivity contribution in [1.82, 2.24) is 10.2 Å². The molecule has 0 aromatic heterocycles. The number of phenolic OH excluding ortho intramolecular Hbond substituents is 1. The molecule has 0 aliphatic carbocycles. The lowest BCUT2D eigenvalue weighted by atomic mass is 9.90. The molecule has 2 atom stereocenters. The van der Waals surface area contributed by atoms with Crippen LogP contribution in [0.5, 0.6) is 11.5 Å². The highest BCUT2D eigenvalue weighted by molar-refractivity contribution is 5.99. The quantitative estimate of drug-likeness (QED) is 0.311. The van der Waals surface area contributed by atoms with E-state index < -0.39 is 41.1 Å². The van der Waals surface area contributed by atoms with Crippen LogP contribution in [0.1, 0.15) is 79.8 Å². The predicted molar refractivity (Wildman–Crippen MR) is 156 cm³/mol. The van der Waals surface area contributed by atoms with Crippen molar-refractivity contribution in [2.24, 2.45) is 5.92 Å². The monoisotopic (exact) mass is 555 g/mol. The molecule has 9 heteroatoms. The van der Waals surface area contributed by atoms with Crippen LogP contribution in [0, 0.1) is 5.92 Å². The molecule has 0 saturated carbocycles. The normalized spacial score (nSPS) is 13.2. The average molecular weight is 556 g/mol. The van der Waals surface area contributed by atoms with Crippen LogP contribution >= 0.6 is 0 Å². The van der Waals surface area contributed by atoms with Crippen molar-refractivity contribution in [2.45, 2.75) is 91.5 Å². The number of aromatic hydroxyl groups is 1. The Balaban J connectivity index is 2.61. The van der Waals surface area contributed by atoms with E-state index in [4.69, 9.17) is 9.47 Å². The molecule has 0 heterocycles. The number of nitrogens with one attached hydrogen (secondary N) is 2. The predicted octanol–water partition coefficient (Wildman–Crippen LogP) is 6.04. The third-order valence-electron chi connectivity index (χ3n) is 6.52. The Morgan fingerprint density at radius 2 is 1.52 bits per heavy atom. The molecule has 0 aliphatic heterocycles. The van der Waals surface area contributed by atoms with E-state index in [1.807, 2.05) is 34.6 Å². The lowest BCUT2D eigenvalue weighted by molar-refractivity contribution is -0.148. The first-order valence-corrected chi connectivity index (χ1v) is 13.6. The van der Waals surface area contributed by atoms with Gasteiger partial charge in [-0.2, -0.15) is 0 Å². The maximum Gasteiger partial charge on any atom is 0.408 e. The van der Waals surface area contributed by atoms with Crippen LogP contribution in [-0.2, 0) is 14.3 Å². The highest BCUT2D eigenvalue weighted by Crippen LogP contribution is 2.34. The van der Waals surface area contributed by atoms with Crippen molar-refractivity contribution < 1.29 is 29.0 Å². The number of rotatable bonds is 11. The van der Waals surface area contributed by atoms with Crippen molar-refractivity contribution >= 4 is 23.6 Å². The Morgan fingerprint density at radius 3 is 2.00 bits per heavy atom. The molecule has 0 saturated heterocycles.